The van der Waals surface area contributed by atoms with E-state index < -0.39 is 0 Å². The minimum atomic E-state index is 0.526. The monoisotopic (exact) mass is 231 g/mol. The minimum Gasteiger partial charge on any atom is -0.306 e. The fourth-order valence-electron chi connectivity index (χ4n) is 1.83. The van der Waals surface area contributed by atoms with E-state index in [1.807, 2.05) is 10.9 Å². The van der Waals surface area contributed by atoms with Gasteiger partial charge in [0.05, 0.1) is 6.04 Å². The number of hydrogen-bond acceptors (Lipinski definition) is 2. The predicted octanol–water partition coefficient (Wildman–Crippen LogP) is 1.30. The van der Waals surface area contributed by atoms with Gasteiger partial charge in [-0.1, -0.05) is 11.6 Å². The smallest absolute Gasteiger partial charge is 0.158 e. The summed E-state index contributed by atoms with van der Waals surface area (Å²) in [7, 11) is 4.77. The van der Waals surface area contributed by atoms with E-state index >= 15 is 0 Å². The van der Waals surface area contributed by atoms with Gasteiger partial charge in [0.2, 0.25) is 0 Å². The molecular weight excluding hydrogens is 217 g/mol. The van der Waals surface area contributed by atoms with Crippen LogP contribution in [0.2, 0.25) is 5.15 Å². The number of aromatic nitrogens is 2. The van der Waals surface area contributed by atoms with E-state index in [2.05, 4.69) is 26.3 Å². The molecule has 0 N–H and O–H groups in total. The zero-order valence-corrected chi connectivity index (χ0v) is 10.2. The van der Waals surface area contributed by atoms with E-state index in [-0.39, 0.29) is 0 Å². The average Bonchev–Trinajstić information content (AvgIpc) is 2.48. The molecule has 0 aliphatic carbocycles. The molecule has 2 heterocycles. The Kier molecular flexibility index (Phi) is 3.10. The van der Waals surface area contributed by atoms with E-state index in [0.717, 1.165) is 18.4 Å². The van der Waals surface area contributed by atoms with Gasteiger partial charge in [0.15, 0.2) is 5.15 Å². The van der Waals surface area contributed by atoms with Crippen molar-refractivity contribution in [2.45, 2.75) is 18.9 Å². The van der Waals surface area contributed by atoms with Crippen molar-refractivity contribution in [1.29, 1.82) is 0 Å². The number of rotatable bonds is 1. The molecule has 3 nitrogen and oxygen atoms in total. The summed E-state index contributed by atoms with van der Waals surface area (Å²) in [4.78, 5) is 2.35. The van der Waals surface area contributed by atoms with Gasteiger partial charge >= 0.3 is 0 Å². The number of likely N-dealkylation sites (tertiary alicyclic amines) is 1. The molecule has 1 saturated heterocycles. The minimum absolute atomic E-state index is 0.526. The van der Waals surface area contributed by atoms with E-state index in [1.165, 1.54) is 12.8 Å². The van der Waals surface area contributed by atoms with Crippen molar-refractivity contribution in [3.05, 3.63) is 11.3 Å². The zero-order chi connectivity index (χ0) is 10.1. The lowest BCUT2D eigenvalue weighted by atomic mass is 10.1. The highest BCUT2D eigenvalue weighted by Gasteiger charge is 2.19. The first-order valence-electron chi connectivity index (χ1n) is 4.85. The van der Waals surface area contributed by atoms with Gasteiger partial charge in [0.1, 0.15) is 0 Å². The van der Waals surface area contributed by atoms with Crippen LogP contribution in [-0.2, 0) is 0 Å². The summed E-state index contributed by atoms with van der Waals surface area (Å²) >= 11 is 5.91. The van der Waals surface area contributed by atoms with Crippen molar-refractivity contribution in [2.75, 3.05) is 20.1 Å². The number of piperidine rings is 1. The Morgan fingerprint density at radius 3 is 2.64 bits per heavy atom. The molecule has 1 unspecified atom stereocenters. The SMILES string of the molecule is CN1CCC(n2cc(P)c(Cl)n2)CC1. The second-order valence-electron chi connectivity index (χ2n) is 3.89. The Bertz CT molecular complexity index is 298. The largest absolute Gasteiger partial charge is 0.306 e. The fraction of sp³-hybridized carbons (Fsp3) is 0.667. The van der Waals surface area contributed by atoms with Gasteiger partial charge in [-0.2, -0.15) is 5.10 Å². The van der Waals surface area contributed by atoms with Crippen LogP contribution in [0, 0.1) is 0 Å². The number of nitrogens with zero attached hydrogens (tertiary/aromatic N) is 3. The lowest BCUT2D eigenvalue weighted by Crippen LogP contribution is -2.31. The van der Waals surface area contributed by atoms with Crippen molar-refractivity contribution in [1.82, 2.24) is 14.7 Å². The molecule has 5 heteroatoms. The third kappa shape index (κ3) is 2.10. The maximum absolute atomic E-state index is 5.91. The van der Waals surface area contributed by atoms with Crippen LogP contribution in [0.5, 0.6) is 0 Å². The molecule has 1 aliphatic heterocycles. The lowest BCUT2D eigenvalue weighted by Gasteiger charge is -2.28. The van der Waals surface area contributed by atoms with Crippen LogP contribution in [0.3, 0.4) is 0 Å². The molecule has 0 amide bonds. The molecule has 2 rings (SSSR count). The van der Waals surface area contributed by atoms with E-state index in [1.54, 1.807) is 0 Å². The zero-order valence-electron chi connectivity index (χ0n) is 8.28. The summed E-state index contributed by atoms with van der Waals surface area (Å²) in [6, 6.07) is 0.526. The van der Waals surface area contributed by atoms with Crippen LogP contribution in [0.25, 0.3) is 0 Å². The van der Waals surface area contributed by atoms with Gasteiger partial charge in [0.25, 0.3) is 0 Å². The highest BCUT2D eigenvalue weighted by atomic mass is 35.5. The quantitative estimate of drug-likeness (QED) is 0.680. The van der Waals surface area contributed by atoms with Crippen molar-refractivity contribution in [3.8, 4) is 0 Å². The first kappa shape index (κ1) is 10.4. The molecule has 1 aliphatic rings. The van der Waals surface area contributed by atoms with Gasteiger partial charge in [0, 0.05) is 11.5 Å². The molecule has 1 aromatic heterocycles. The van der Waals surface area contributed by atoms with Crippen molar-refractivity contribution in [3.63, 3.8) is 0 Å². The fourth-order valence-corrected chi connectivity index (χ4v) is 2.18. The van der Waals surface area contributed by atoms with Crippen LogP contribution in [0.4, 0.5) is 0 Å². The standard InChI is InChI=1S/C9H15ClN3P/c1-12-4-2-7(3-5-12)13-6-8(14)9(10)11-13/h6-7H,2-5,14H2,1H3. The maximum atomic E-state index is 5.91. The molecule has 78 valence electrons. The highest BCUT2D eigenvalue weighted by Crippen LogP contribution is 2.21. The normalized spacial score (nSPS) is 20.2. The van der Waals surface area contributed by atoms with Gasteiger partial charge in [-0.05, 0) is 33.0 Å². The third-order valence-corrected chi connectivity index (χ3v) is 3.67. The summed E-state index contributed by atoms with van der Waals surface area (Å²) in [6.07, 6.45) is 4.35. The summed E-state index contributed by atoms with van der Waals surface area (Å²) in [5.74, 6) is 0. The van der Waals surface area contributed by atoms with Crippen LogP contribution < -0.4 is 5.30 Å². The Labute approximate surface area is 91.6 Å². The van der Waals surface area contributed by atoms with E-state index in [9.17, 15) is 0 Å². The number of halogens is 1. The summed E-state index contributed by atoms with van der Waals surface area (Å²) in [6.45, 7) is 2.29. The summed E-state index contributed by atoms with van der Waals surface area (Å²) in [5, 5.41) is 5.90. The van der Waals surface area contributed by atoms with Gasteiger partial charge in [-0.3, -0.25) is 4.68 Å². The average molecular weight is 232 g/mol. The maximum Gasteiger partial charge on any atom is 0.158 e. The first-order chi connectivity index (χ1) is 6.66. The Balaban J connectivity index is 2.08. The van der Waals surface area contributed by atoms with Gasteiger partial charge < -0.3 is 4.90 Å². The van der Waals surface area contributed by atoms with Gasteiger partial charge in [-0.15, -0.1) is 9.24 Å². The van der Waals surface area contributed by atoms with Crippen LogP contribution >= 0.6 is 20.8 Å². The molecule has 0 aromatic carbocycles. The molecule has 0 saturated carbocycles. The third-order valence-electron chi connectivity index (χ3n) is 2.78. The molecule has 14 heavy (non-hydrogen) atoms. The van der Waals surface area contributed by atoms with Crippen LogP contribution in [0.15, 0.2) is 6.20 Å². The predicted molar refractivity (Wildman–Crippen MR) is 62.3 cm³/mol. The first-order valence-corrected chi connectivity index (χ1v) is 5.81. The van der Waals surface area contributed by atoms with E-state index in [0.29, 0.717) is 11.2 Å². The lowest BCUT2D eigenvalue weighted by molar-refractivity contribution is 0.212. The van der Waals surface area contributed by atoms with Crippen LogP contribution in [-0.4, -0.2) is 34.8 Å². The molecule has 1 fully saturated rings. The molecule has 0 bridgehead atoms. The molecule has 0 spiro atoms. The van der Waals surface area contributed by atoms with Crippen molar-refractivity contribution in [2.24, 2.45) is 0 Å². The van der Waals surface area contributed by atoms with Crippen molar-refractivity contribution >= 4 is 26.1 Å². The summed E-state index contributed by atoms with van der Waals surface area (Å²) in [5.41, 5.74) is 0. The molecular formula is C9H15ClN3P. The van der Waals surface area contributed by atoms with E-state index in [4.69, 9.17) is 11.6 Å². The second kappa shape index (κ2) is 4.18. The Morgan fingerprint density at radius 1 is 1.50 bits per heavy atom. The van der Waals surface area contributed by atoms with Crippen LogP contribution in [0.1, 0.15) is 18.9 Å². The second-order valence-corrected chi connectivity index (χ2v) is 4.87. The van der Waals surface area contributed by atoms with Crippen molar-refractivity contribution < 1.29 is 0 Å². The molecule has 0 radical (unpaired) electrons. The summed E-state index contributed by atoms with van der Waals surface area (Å²) < 4.78 is 2.01. The Morgan fingerprint density at radius 2 is 2.14 bits per heavy atom. The molecule has 1 aromatic rings. The Hall–Kier alpha value is -0.110. The highest BCUT2D eigenvalue weighted by molar-refractivity contribution is 7.27. The van der Waals surface area contributed by atoms with Gasteiger partial charge in [-0.25, -0.2) is 0 Å². The molecule has 1 atom stereocenters. The number of hydrogen-bond donors (Lipinski definition) is 0. The topological polar surface area (TPSA) is 21.1 Å².